The van der Waals surface area contributed by atoms with Crippen molar-refractivity contribution in [3.63, 3.8) is 0 Å². The fraction of sp³-hybridized carbons (Fsp3) is 0.263. The van der Waals surface area contributed by atoms with Crippen LogP contribution < -0.4 is 20.2 Å². The lowest BCUT2D eigenvalue weighted by Gasteiger charge is -2.15. The number of benzene rings is 2. The molecule has 0 aliphatic rings. The second-order valence-electron chi connectivity index (χ2n) is 5.74. The first-order valence-electron chi connectivity index (χ1n) is 8.00. The topological polar surface area (TPSA) is 72.0 Å². The number of carbonyl (C=O) groups excluding carboxylic acids is 1. The van der Waals surface area contributed by atoms with Gasteiger partial charge in [0.25, 0.3) is 0 Å². The molecule has 132 valence electrons. The van der Waals surface area contributed by atoms with Gasteiger partial charge in [0.2, 0.25) is 0 Å². The van der Waals surface area contributed by atoms with Crippen LogP contribution in [0.15, 0.2) is 47.6 Å². The van der Waals surface area contributed by atoms with Crippen molar-refractivity contribution < 1.29 is 14.3 Å². The molecule has 6 heteroatoms. The summed E-state index contributed by atoms with van der Waals surface area (Å²) < 4.78 is 11.1. The Morgan fingerprint density at radius 3 is 2.52 bits per heavy atom. The third kappa shape index (κ3) is 5.53. The Bertz CT molecular complexity index is 740. The molecule has 2 aromatic carbocycles. The molecule has 0 unspecified atom stereocenters. The van der Waals surface area contributed by atoms with Gasteiger partial charge in [0, 0.05) is 11.3 Å². The minimum absolute atomic E-state index is 0.0127. The number of amides is 2. The van der Waals surface area contributed by atoms with Gasteiger partial charge in [-0.05, 0) is 45.0 Å². The SMILES string of the molecule is COc1cccc(/C=N/NC(=O)Nc2ccc(C)cc2)c1OC(C)C. The highest BCUT2D eigenvalue weighted by Crippen LogP contribution is 2.30. The van der Waals surface area contributed by atoms with Crippen LogP contribution in [0.3, 0.4) is 0 Å². The third-order valence-electron chi connectivity index (χ3n) is 3.26. The predicted molar refractivity (Wildman–Crippen MR) is 99.7 cm³/mol. The first-order chi connectivity index (χ1) is 12.0. The molecule has 0 atom stereocenters. The molecule has 0 aliphatic carbocycles. The maximum atomic E-state index is 11.9. The van der Waals surface area contributed by atoms with Gasteiger partial charge in [0.1, 0.15) is 0 Å². The average molecular weight is 341 g/mol. The van der Waals surface area contributed by atoms with E-state index in [1.807, 2.05) is 63.2 Å². The van der Waals surface area contributed by atoms with E-state index in [0.717, 1.165) is 5.56 Å². The molecule has 0 bridgehead atoms. The molecule has 0 saturated heterocycles. The van der Waals surface area contributed by atoms with Crippen LogP contribution >= 0.6 is 0 Å². The van der Waals surface area contributed by atoms with E-state index in [1.54, 1.807) is 7.11 Å². The molecule has 0 spiro atoms. The molecule has 25 heavy (non-hydrogen) atoms. The molecule has 0 saturated carbocycles. The number of nitrogens with one attached hydrogen (secondary N) is 2. The van der Waals surface area contributed by atoms with Crippen LogP contribution in [0.2, 0.25) is 0 Å². The molecule has 2 amide bonds. The molecule has 6 nitrogen and oxygen atoms in total. The molecule has 2 N–H and O–H groups in total. The number of hydrazone groups is 1. The molecular formula is C19H23N3O3. The largest absolute Gasteiger partial charge is 0.493 e. The van der Waals surface area contributed by atoms with Crippen LogP contribution in [-0.2, 0) is 0 Å². The Morgan fingerprint density at radius 1 is 1.16 bits per heavy atom. The van der Waals surface area contributed by atoms with Crippen LogP contribution in [0, 0.1) is 6.92 Å². The van der Waals surface area contributed by atoms with E-state index in [-0.39, 0.29) is 6.10 Å². The number of nitrogens with zero attached hydrogens (tertiary/aromatic N) is 1. The summed E-state index contributed by atoms with van der Waals surface area (Å²) in [4.78, 5) is 11.9. The first kappa shape index (κ1) is 18.3. The van der Waals surface area contributed by atoms with Gasteiger partial charge in [-0.3, -0.25) is 0 Å². The summed E-state index contributed by atoms with van der Waals surface area (Å²) in [5, 5.41) is 6.68. The lowest BCUT2D eigenvalue weighted by Crippen LogP contribution is -2.24. The van der Waals surface area contributed by atoms with E-state index in [0.29, 0.717) is 22.7 Å². The van der Waals surface area contributed by atoms with Gasteiger partial charge in [0.15, 0.2) is 11.5 Å². The highest BCUT2D eigenvalue weighted by atomic mass is 16.5. The van der Waals surface area contributed by atoms with Crippen molar-refractivity contribution in [2.45, 2.75) is 26.9 Å². The van der Waals surface area contributed by atoms with Crippen LogP contribution in [-0.4, -0.2) is 25.5 Å². The van der Waals surface area contributed by atoms with Gasteiger partial charge in [-0.2, -0.15) is 5.10 Å². The van der Waals surface area contributed by atoms with E-state index in [2.05, 4.69) is 15.8 Å². The Hall–Kier alpha value is -3.02. The number of aryl methyl sites for hydroxylation is 1. The van der Waals surface area contributed by atoms with Gasteiger partial charge >= 0.3 is 6.03 Å². The highest BCUT2D eigenvalue weighted by molar-refractivity contribution is 5.91. The van der Waals surface area contributed by atoms with Crippen molar-refractivity contribution in [1.29, 1.82) is 0 Å². The van der Waals surface area contributed by atoms with Crippen molar-refractivity contribution in [3.8, 4) is 11.5 Å². The fourth-order valence-corrected chi connectivity index (χ4v) is 2.11. The van der Waals surface area contributed by atoms with Crippen molar-refractivity contribution in [2.24, 2.45) is 5.10 Å². The second-order valence-corrected chi connectivity index (χ2v) is 5.74. The molecule has 0 heterocycles. The standard InChI is InChI=1S/C19H23N3O3/c1-13(2)25-18-15(6-5-7-17(18)24-4)12-20-22-19(23)21-16-10-8-14(3)9-11-16/h5-13H,1-4H3,(H2,21,22,23)/b20-12+. The molecule has 0 radical (unpaired) electrons. The number of urea groups is 1. The van der Waals surface area contributed by atoms with Crippen molar-refractivity contribution in [1.82, 2.24) is 5.43 Å². The fourth-order valence-electron chi connectivity index (χ4n) is 2.11. The first-order valence-corrected chi connectivity index (χ1v) is 8.00. The molecule has 0 fully saturated rings. The zero-order valence-corrected chi connectivity index (χ0v) is 14.9. The van der Waals surface area contributed by atoms with Crippen LogP contribution in [0.5, 0.6) is 11.5 Å². The van der Waals surface area contributed by atoms with E-state index in [9.17, 15) is 4.79 Å². The summed E-state index contributed by atoms with van der Waals surface area (Å²) in [5.41, 5.74) is 4.97. The average Bonchev–Trinajstić information content (AvgIpc) is 2.58. The van der Waals surface area contributed by atoms with E-state index >= 15 is 0 Å². The van der Waals surface area contributed by atoms with Gasteiger partial charge in [-0.25, -0.2) is 10.2 Å². The van der Waals surface area contributed by atoms with Crippen molar-refractivity contribution >= 4 is 17.9 Å². The number of anilines is 1. The quantitative estimate of drug-likeness (QED) is 0.617. The number of rotatable bonds is 6. The van der Waals surface area contributed by atoms with E-state index in [1.165, 1.54) is 6.21 Å². The lowest BCUT2D eigenvalue weighted by molar-refractivity contribution is 0.230. The summed E-state index contributed by atoms with van der Waals surface area (Å²) in [6.07, 6.45) is 1.51. The number of carbonyl (C=O) groups is 1. The zero-order chi connectivity index (χ0) is 18.2. The molecule has 0 aliphatic heterocycles. The molecule has 2 rings (SSSR count). The Labute approximate surface area is 147 Å². The second kappa shape index (κ2) is 8.73. The third-order valence-corrected chi connectivity index (χ3v) is 3.26. The number of hydrogen-bond acceptors (Lipinski definition) is 4. The van der Waals surface area contributed by atoms with Crippen LogP contribution in [0.1, 0.15) is 25.0 Å². The maximum Gasteiger partial charge on any atom is 0.339 e. The van der Waals surface area contributed by atoms with Gasteiger partial charge in [0.05, 0.1) is 19.4 Å². The number of ether oxygens (including phenoxy) is 2. The molecular weight excluding hydrogens is 318 g/mol. The smallest absolute Gasteiger partial charge is 0.339 e. The number of hydrogen-bond donors (Lipinski definition) is 2. The molecule has 0 aromatic heterocycles. The normalized spacial score (nSPS) is 10.8. The number of para-hydroxylation sites is 1. The minimum atomic E-state index is -0.422. The van der Waals surface area contributed by atoms with Crippen LogP contribution in [0.25, 0.3) is 0 Å². The van der Waals surface area contributed by atoms with Gasteiger partial charge < -0.3 is 14.8 Å². The van der Waals surface area contributed by atoms with Crippen molar-refractivity contribution in [2.75, 3.05) is 12.4 Å². The van der Waals surface area contributed by atoms with E-state index < -0.39 is 6.03 Å². The minimum Gasteiger partial charge on any atom is -0.493 e. The monoisotopic (exact) mass is 341 g/mol. The Morgan fingerprint density at radius 2 is 1.88 bits per heavy atom. The summed E-state index contributed by atoms with van der Waals surface area (Å²) >= 11 is 0. The van der Waals surface area contributed by atoms with Gasteiger partial charge in [-0.15, -0.1) is 0 Å². The van der Waals surface area contributed by atoms with Crippen molar-refractivity contribution in [3.05, 3.63) is 53.6 Å². The summed E-state index contributed by atoms with van der Waals surface area (Å²) in [7, 11) is 1.58. The summed E-state index contributed by atoms with van der Waals surface area (Å²) in [6, 6.07) is 12.6. The lowest BCUT2D eigenvalue weighted by atomic mass is 10.2. The van der Waals surface area contributed by atoms with E-state index in [4.69, 9.17) is 9.47 Å². The molecule has 2 aromatic rings. The highest BCUT2D eigenvalue weighted by Gasteiger charge is 2.11. The Balaban J connectivity index is 2.03. The zero-order valence-electron chi connectivity index (χ0n) is 14.9. The number of methoxy groups -OCH3 is 1. The maximum absolute atomic E-state index is 11.9. The predicted octanol–water partition coefficient (Wildman–Crippen LogP) is 3.95. The Kier molecular flexibility index (Phi) is 6.39. The van der Waals surface area contributed by atoms with Gasteiger partial charge in [-0.1, -0.05) is 23.8 Å². The summed E-state index contributed by atoms with van der Waals surface area (Å²) in [6.45, 7) is 5.85. The summed E-state index contributed by atoms with van der Waals surface area (Å²) in [5.74, 6) is 1.20. The van der Waals surface area contributed by atoms with Crippen LogP contribution in [0.4, 0.5) is 10.5 Å².